The Labute approximate surface area is 105 Å². The third-order valence-corrected chi connectivity index (χ3v) is 3.69. The first-order valence-corrected chi connectivity index (χ1v) is 6.17. The molecule has 0 saturated heterocycles. The van der Waals surface area contributed by atoms with Crippen molar-refractivity contribution in [2.24, 2.45) is 11.7 Å². The second-order valence-electron chi connectivity index (χ2n) is 4.53. The van der Waals surface area contributed by atoms with E-state index >= 15 is 0 Å². The van der Waals surface area contributed by atoms with Crippen LogP contribution in [-0.4, -0.2) is 4.92 Å². The topological polar surface area (TPSA) is 69.2 Å². The largest absolute Gasteiger partial charge is 0.324 e. The summed E-state index contributed by atoms with van der Waals surface area (Å²) >= 11 is 5.89. The molecule has 0 radical (unpaired) electrons. The number of nitro benzene ring substituents is 1. The standard InChI is InChI=1S/C12H15ClN2O2/c13-9-5-6-11(15(16)17)10(7-9)12(14)8-3-1-2-4-8/h5-8,12H,1-4,14H2/t12-/m1/s1. The van der Waals surface area contributed by atoms with Gasteiger partial charge in [-0.2, -0.15) is 0 Å². The third kappa shape index (κ3) is 2.58. The number of nitro groups is 1. The molecule has 2 N–H and O–H groups in total. The van der Waals surface area contributed by atoms with Gasteiger partial charge in [-0.15, -0.1) is 0 Å². The fourth-order valence-electron chi connectivity index (χ4n) is 2.53. The molecule has 0 bridgehead atoms. The Morgan fingerprint density at radius 2 is 2.06 bits per heavy atom. The molecule has 1 aromatic carbocycles. The smallest absolute Gasteiger partial charge is 0.274 e. The van der Waals surface area contributed by atoms with Gasteiger partial charge in [0.25, 0.3) is 5.69 Å². The van der Waals surface area contributed by atoms with Crippen molar-refractivity contribution in [1.82, 2.24) is 0 Å². The maximum atomic E-state index is 11.0. The van der Waals surface area contributed by atoms with Crippen LogP contribution in [-0.2, 0) is 0 Å². The van der Waals surface area contributed by atoms with Gasteiger partial charge in [-0.05, 0) is 30.9 Å². The highest BCUT2D eigenvalue weighted by Crippen LogP contribution is 2.38. The van der Waals surface area contributed by atoms with Crippen LogP contribution in [0.4, 0.5) is 5.69 Å². The second-order valence-corrected chi connectivity index (χ2v) is 4.97. The Kier molecular flexibility index (Phi) is 3.64. The molecule has 0 heterocycles. The molecule has 1 aliphatic rings. The highest BCUT2D eigenvalue weighted by atomic mass is 35.5. The zero-order valence-electron chi connectivity index (χ0n) is 9.43. The van der Waals surface area contributed by atoms with E-state index in [9.17, 15) is 10.1 Å². The fourth-order valence-corrected chi connectivity index (χ4v) is 2.71. The van der Waals surface area contributed by atoms with Gasteiger partial charge in [0.15, 0.2) is 0 Å². The van der Waals surface area contributed by atoms with Crippen molar-refractivity contribution in [2.75, 3.05) is 0 Å². The number of nitrogens with zero attached hydrogens (tertiary/aromatic N) is 1. The highest BCUT2D eigenvalue weighted by molar-refractivity contribution is 6.30. The van der Waals surface area contributed by atoms with Crippen molar-refractivity contribution >= 4 is 17.3 Å². The summed E-state index contributed by atoms with van der Waals surface area (Å²) in [5.74, 6) is 0.340. The second kappa shape index (κ2) is 5.02. The molecule has 0 unspecified atom stereocenters. The summed E-state index contributed by atoms with van der Waals surface area (Å²) in [6.45, 7) is 0. The van der Waals surface area contributed by atoms with Crippen LogP contribution in [0.2, 0.25) is 5.02 Å². The molecule has 2 rings (SSSR count). The van der Waals surface area contributed by atoms with Gasteiger partial charge >= 0.3 is 0 Å². The van der Waals surface area contributed by atoms with E-state index in [1.54, 1.807) is 6.07 Å². The Bertz CT molecular complexity index is 431. The lowest BCUT2D eigenvalue weighted by Crippen LogP contribution is -2.20. The summed E-state index contributed by atoms with van der Waals surface area (Å²) in [5.41, 5.74) is 6.79. The van der Waals surface area contributed by atoms with Crippen LogP contribution in [0.3, 0.4) is 0 Å². The van der Waals surface area contributed by atoms with Crippen molar-refractivity contribution in [3.63, 3.8) is 0 Å². The highest BCUT2D eigenvalue weighted by Gasteiger charge is 2.28. The quantitative estimate of drug-likeness (QED) is 0.664. The van der Waals surface area contributed by atoms with Gasteiger partial charge in [-0.3, -0.25) is 10.1 Å². The van der Waals surface area contributed by atoms with E-state index in [0.29, 0.717) is 16.5 Å². The van der Waals surface area contributed by atoms with Gasteiger partial charge in [0.1, 0.15) is 0 Å². The summed E-state index contributed by atoms with van der Waals surface area (Å²) in [6, 6.07) is 4.32. The van der Waals surface area contributed by atoms with Gasteiger partial charge in [0, 0.05) is 22.7 Å². The molecule has 1 fully saturated rings. The molecule has 17 heavy (non-hydrogen) atoms. The number of rotatable bonds is 3. The minimum Gasteiger partial charge on any atom is -0.324 e. The van der Waals surface area contributed by atoms with E-state index in [-0.39, 0.29) is 16.7 Å². The summed E-state index contributed by atoms with van der Waals surface area (Å²) < 4.78 is 0. The van der Waals surface area contributed by atoms with Crippen molar-refractivity contribution in [3.05, 3.63) is 38.9 Å². The first-order valence-electron chi connectivity index (χ1n) is 5.79. The molecule has 5 heteroatoms. The Hall–Kier alpha value is -1.13. The molecule has 0 aromatic heterocycles. The zero-order chi connectivity index (χ0) is 12.4. The summed E-state index contributed by atoms with van der Waals surface area (Å²) in [6.07, 6.45) is 4.41. The Morgan fingerprint density at radius 3 is 2.65 bits per heavy atom. The lowest BCUT2D eigenvalue weighted by atomic mass is 9.91. The minimum atomic E-state index is -0.388. The number of hydrogen-bond acceptors (Lipinski definition) is 3. The van der Waals surface area contributed by atoms with Crippen LogP contribution < -0.4 is 5.73 Å². The molecule has 1 saturated carbocycles. The third-order valence-electron chi connectivity index (χ3n) is 3.45. The average Bonchev–Trinajstić information content (AvgIpc) is 2.80. The average molecular weight is 255 g/mol. The molecular weight excluding hydrogens is 240 g/mol. The minimum absolute atomic E-state index is 0.0776. The van der Waals surface area contributed by atoms with Crippen LogP contribution in [0.5, 0.6) is 0 Å². The molecule has 4 nitrogen and oxygen atoms in total. The first-order chi connectivity index (χ1) is 8.09. The summed E-state index contributed by atoms with van der Waals surface area (Å²) in [7, 11) is 0. The SMILES string of the molecule is N[C@@H](c1cc(Cl)ccc1[N+](=O)[O-])C1CCCC1. The number of nitrogens with two attached hydrogens (primary N) is 1. The van der Waals surface area contributed by atoms with Crippen LogP contribution in [0.15, 0.2) is 18.2 Å². The van der Waals surface area contributed by atoms with Crippen molar-refractivity contribution < 1.29 is 4.92 Å². The lowest BCUT2D eigenvalue weighted by molar-refractivity contribution is -0.385. The van der Waals surface area contributed by atoms with E-state index in [2.05, 4.69) is 0 Å². The summed E-state index contributed by atoms with van der Waals surface area (Å²) in [5, 5.41) is 11.5. The molecule has 1 atom stereocenters. The van der Waals surface area contributed by atoms with E-state index in [0.717, 1.165) is 25.7 Å². The molecule has 1 aromatic rings. The van der Waals surface area contributed by atoms with E-state index in [4.69, 9.17) is 17.3 Å². The lowest BCUT2D eigenvalue weighted by Gasteiger charge is -2.19. The van der Waals surface area contributed by atoms with E-state index in [1.807, 2.05) is 0 Å². The van der Waals surface area contributed by atoms with Gasteiger partial charge in [0.05, 0.1) is 4.92 Å². The monoisotopic (exact) mass is 254 g/mol. The van der Waals surface area contributed by atoms with Crippen LogP contribution in [0, 0.1) is 16.0 Å². The van der Waals surface area contributed by atoms with Crippen LogP contribution in [0.1, 0.15) is 37.3 Å². The van der Waals surface area contributed by atoms with Crippen molar-refractivity contribution in [2.45, 2.75) is 31.7 Å². The Morgan fingerprint density at radius 1 is 1.41 bits per heavy atom. The van der Waals surface area contributed by atoms with Crippen molar-refractivity contribution in [3.8, 4) is 0 Å². The van der Waals surface area contributed by atoms with E-state index < -0.39 is 0 Å². The Balaban J connectivity index is 2.34. The number of halogens is 1. The maximum absolute atomic E-state index is 11.0. The molecule has 1 aliphatic carbocycles. The predicted octanol–water partition coefficient (Wildman–Crippen LogP) is 3.44. The normalized spacial score (nSPS) is 18.2. The molecule has 0 aliphatic heterocycles. The number of benzene rings is 1. The maximum Gasteiger partial charge on any atom is 0.274 e. The van der Waals surface area contributed by atoms with Gasteiger partial charge in [-0.25, -0.2) is 0 Å². The van der Waals surface area contributed by atoms with Gasteiger partial charge in [0.2, 0.25) is 0 Å². The molecule has 92 valence electrons. The fraction of sp³-hybridized carbons (Fsp3) is 0.500. The van der Waals surface area contributed by atoms with Crippen LogP contribution >= 0.6 is 11.6 Å². The van der Waals surface area contributed by atoms with Gasteiger partial charge in [-0.1, -0.05) is 24.4 Å². The first kappa shape index (κ1) is 12.3. The molecular formula is C12H15ClN2O2. The van der Waals surface area contributed by atoms with Crippen LogP contribution in [0.25, 0.3) is 0 Å². The predicted molar refractivity (Wildman–Crippen MR) is 67.0 cm³/mol. The van der Waals surface area contributed by atoms with E-state index in [1.165, 1.54) is 12.1 Å². The summed E-state index contributed by atoms with van der Waals surface area (Å²) in [4.78, 5) is 10.6. The van der Waals surface area contributed by atoms with Gasteiger partial charge < -0.3 is 5.73 Å². The van der Waals surface area contributed by atoms with Crippen molar-refractivity contribution in [1.29, 1.82) is 0 Å². The zero-order valence-corrected chi connectivity index (χ0v) is 10.2. The molecule has 0 spiro atoms. The molecule has 0 amide bonds. The number of hydrogen-bond donors (Lipinski definition) is 1.